The van der Waals surface area contributed by atoms with Crippen LogP contribution in [-0.2, 0) is 4.74 Å². The Kier molecular flexibility index (Phi) is 4.98. The Morgan fingerprint density at radius 3 is 2.56 bits per heavy atom. The summed E-state index contributed by atoms with van der Waals surface area (Å²) >= 11 is 0. The number of allylic oxidation sites excluding steroid dienone is 4. The summed E-state index contributed by atoms with van der Waals surface area (Å²) < 4.78 is 5.01. The molecular weight excluding hydrogens is 112 g/mol. The van der Waals surface area contributed by atoms with Crippen LogP contribution in [0.1, 0.15) is 20.3 Å². The second kappa shape index (κ2) is 5.42. The molecule has 0 fully saturated rings. The summed E-state index contributed by atoms with van der Waals surface area (Å²) in [4.78, 5) is 0. The zero-order chi connectivity index (χ0) is 7.11. The Hall–Kier alpha value is -0.720. The largest absolute Gasteiger partial charge is 0.501 e. The molecule has 0 aliphatic heterocycles. The number of hydrogen-bond acceptors (Lipinski definition) is 1. The lowest BCUT2D eigenvalue weighted by atomic mass is 10.3. The first kappa shape index (κ1) is 8.28. The second-order valence-corrected chi connectivity index (χ2v) is 1.72. The predicted octanol–water partition coefficient (Wildman–Crippen LogP) is 2.50. The van der Waals surface area contributed by atoms with E-state index in [2.05, 4.69) is 6.92 Å². The van der Waals surface area contributed by atoms with Gasteiger partial charge in [-0.1, -0.05) is 19.1 Å². The van der Waals surface area contributed by atoms with Gasteiger partial charge in [-0.2, -0.15) is 0 Å². The molecule has 0 radical (unpaired) electrons. The van der Waals surface area contributed by atoms with Crippen molar-refractivity contribution in [3.05, 3.63) is 24.0 Å². The molecule has 1 heteroatoms. The second-order valence-electron chi connectivity index (χ2n) is 1.72. The lowest BCUT2D eigenvalue weighted by Gasteiger charge is -1.98. The van der Waals surface area contributed by atoms with Crippen molar-refractivity contribution in [2.24, 2.45) is 0 Å². The van der Waals surface area contributed by atoms with Crippen molar-refractivity contribution in [3.63, 3.8) is 0 Å². The topological polar surface area (TPSA) is 9.23 Å². The van der Waals surface area contributed by atoms with Gasteiger partial charge in [-0.15, -0.1) is 0 Å². The molecule has 0 atom stereocenters. The third-order valence-corrected chi connectivity index (χ3v) is 1.09. The van der Waals surface area contributed by atoms with Crippen LogP contribution in [0.15, 0.2) is 24.0 Å². The molecule has 52 valence electrons. The van der Waals surface area contributed by atoms with Gasteiger partial charge in [0.15, 0.2) is 0 Å². The molecule has 0 aromatic heterocycles. The molecule has 0 saturated carbocycles. The van der Waals surface area contributed by atoms with Crippen LogP contribution >= 0.6 is 0 Å². The molecule has 0 amide bonds. The molecular formula is C8H14O. The SMILES string of the molecule is C/C=C/C=C(\CC)OC. The molecule has 0 heterocycles. The van der Waals surface area contributed by atoms with E-state index in [9.17, 15) is 0 Å². The fraction of sp³-hybridized carbons (Fsp3) is 0.500. The summed E-state index contributed by atoms with van der Waals surface area (Å²) in [5, 5.41) is 0. The van der Waals surface area contributed by atoms with Crippen molar-refractivity contribution in [1.29, 1.82) is 0 Å². The molecule has 0 N–H and O–H groups in total. The number of rotatable bonds is 3. The highest BCUT2D eigenvalue weighted by molar-refractivity contribution is 5.05. The van der Waals surface area contributed by atoms with E-state index < -0.39 is 0 Å². The van der Waals surface area contributed by atoms with Crippen LogP contribution in [0.2, 0.25) is 0 Å². The monoisotopic (exact) mass is 126 g/mol. The third-order valence-electron chi connectivity index (χ3n) is 1.09. The van der Waals surface area contributed by atoms with Gasteiger partial charge < -0.3 is 4.74 Å². The highest BCUT2D eigenvalue weighted by Gasteiger charge is 1.84. The molecule has 0 bridgehead atoms. The van der Waals surface area contributed by atoms with Crippen molar-refractivity contribution in [1.82, 2.24) is 0 Å². The summed E-state index contributed by atoms with van der Waals surface area (Å²) in [5.74, 6) is 1.02. The van der Waals surface area contributed by atoms with E-state index in [0.717, 1.165) is 12.2 Å². The maximum absolute atomic E-state index is 5.01. The Morgan fingerprint density at radius 2 is 2.22 bits per heavy atom. The molecule has 0 saturated heterocycles. The normalized spacial score (nSPS) is 12.6. The predicted molar refractivity (Wildman–Crippen MR) is 40.2 cm³/mol. The summed E-state index contributed by atoms with van der Waals surface area (Å²) in [7, 11) is 1.69. The highest BCUT2D eigenvalue weighted by Crippen LogP contribution is 1.99. The molecule has 9 heavy (non-hydrogen) atoms. The zero-order valence-corrected chi connectivity index (χ0v) is 6.35. The molecule has 0 spiro atoms. The fourth-order valence-corrected chi connectivity index (χ4v) is 0.534. The van der Waals surface area contributed by atoms with E-state index in [0.29, 0.717) is 0 Å². The van der Waals surface area contributed by atoms with Crippen LogP contribution in [-0.4, -0.2) is 7.11 Å². The minimum absolute atomic E-state index is 0.959. The third kappa shape index (κ3) is 3.83. The van der Waals surface area contributed by atoms with Gasteiger partial charge >= 0.3 is 0 Å². The standard InChI is InChI=1S/C8H14O/c1-4-6-7-8(5-2)9-3/h4,6-7H,5H2,1-3H3/b6-4+,8-7+. The van der Waals surface area contributed by atoms with Gasteiger partial charge in [0.25, 0.3) is 0 Å². The van der Waals surface area contributed by atoms with Crippen LogP contribution in [0, 0.1) is 0 Å². The van der Waals surface area contributed by atoms with Gasteiger partial charge in [0.1, 0.15) is 0 Å². The van der Waals surface area contributed by atoms with E-state index >= 15 is 0 Å². The lowest BCUT2D eigenvalue weighted by Crippen LogP contribution is -1.81. The summed E-state index contributed by atoms with van der Waals surface area (Å²) in [6, 6.07) is 0. The van der Waals surface area contributed by atoms with Crippen LogP contribution in [0.4, 0.5) is 0 Å². The Labute approximate surface area is 57.0 Å². The van der Waals surface area contributed by atoms with Crippen molar-refractivity contribution < 1.29 is 4.74 Å². The van der Waals surface area contributed by atoms with Gasteiger partial charge in [0.2, 0.25) is 0 Å². The quantitative estimate of drug-likeness (QED) is 0.417. The smallest absolute Gasteiger partial charge is 0.0952 e. The summed E-state index contributed by atoms with van der Waals surface area (Å²) in [5.41, 5.74) is 0. The lowest BCUT2D eigenvalue weighted by molar-refractivity contribution is 0.281. The Morgan fingerprint density at radius 1 is 1.56 bits per heavy atom. The molecule has 0 rings (SSSR count). The summed E-state index contributed by atoms with van der Waals surface area (Å²) in [6.45, 7) is 4.05. The maximum atomic E-state index is 5.01. The average Bonchev–Trinajstić information content (AvgIpc) is 1.91. The van der Waals surface area contributed by atoms with Crippen LogP contribution < -0.4 is 0 Å². The van der Waals surface area contributed by atoms with Crippen molar-refractivity contribution >= 4 is 0 Å². The van der Waals surface area contributed by atoms with E-state index in [1.54, 1.807) is 7.11 Å². The number of ether oxygens (including phenoxy) is 1. The molecule has 0 aromatic carbocycles. The molecule has 0 aliphatic rings. The van der Waals surface area contributed by atoms with Crippen LogP contribution in [0.5, 0.6) is 0 Å². The maximum Gasteiger partial charge on any atom is 0.0952 e. The number of hydrogen-bond donors (Lipinski definition) is 0. The van der Waals surface area contributed by atoms with Gasteiger partial charge in [0.05, 0.1) is 12.9 Å². The van der Waals surface area contributed by atoms with E-state index in [4.69, 9.17) is 4.74 Å². The van der Waals surface area contributed by atoms with E-state index in [1.165, 1.54) is 0 Å². The van der Waals surface area contributed by atoms with Crippen molar-refractivity contribution in [2.75, 3.05) is 7.11 Å². The first-order valence-electron chi connectivity index (χ1n) is 3.21. The van der Waals surface area contributed by atoms with Gasteiger partial charge in [-0.25, -0.2) is 0 Å². The summed E-state index contributed by atoms with van der Waals surface area (Å²) in [6.07, 6.45) is 6.89. The molecule has 1 nitrogen and oxygen atoms in total. The van der Waals surface area contributed by atoms with Gasteiger partial charge in [0, 0.05) is 6.42 Å². The highest BCUT2D eigenvalue weighted by atomic mass is 16.5. The van der Waals surface area contributed by atoms with E-state index in [1.807, 2.05) is 25.2 Å². The van der Waals surface area contributed by atoms with Crippen molar-refractivity contribution in [2.45, 2.75) is 20.3 Å². The molecule has 0 unspecified atom stereocenters. The Balaban J connectivity index is 3.75. The van der Waals surface area contributed by atoms with E-state index in [-0.39, 0.29) is 0 Å². The van der Waals surface area contributed by atoms with Gasteiger partial charge in [-0.05, 0) is 13.0 Å². The van der Waals surface area contributed by atoms with Crippen molar-refractivity contribution in [3.8, 4) is 0 Å². The molecule has 0 aromatic rings. The first-order chi connectivity index (χ1) is 4.35. The average molecular weight is 126 g/mol. The minimum atomic E-state index is 0.959. The Bertz CT molecular complexity index is 106. The van der Waals surface area contributed by atoms with Gasteiger partial charge in [-0.3, -0.25) is 0 Å². The number of methoxy groups -OCH3 is 1. The van der Waals surface area contributed by atoms with Crippen LogP contribution in [0.3, 0.4) is 0 Å². The first-order valence-corrected chi connectivity index (χ1v) is 3.21. The minimum Gasteiger partial charge on any atom is -0.501 e. The fourth-order valence-electron chi connectivity index (χ4n) is 0.534. The zero-order valence-electron chi connectivity index (χ0n) is 6.35. The van der Waals surface area contributed by atoms with Crippen LogP contribution in [0.25, 0.3) is 0 Å². The molecule has 0 aliphatic carbocycles.